The lowest BCUT2D eigenvalue weighted by Crippen LogP contribution is -2.39. The van der Waals surface area contributed by atoms with Gasteiger partial charge in [0.05, 0.1) is 5.69 Å². The summed E-state index contributed by atoms with van der Waals surface area (Å²) in [5.41, 5.74) is 2.58. The van der Waals surface area contributed by atoms with E-state index in [1.54, 1.807) is 28.3 Å². The van der Waals surface area contributed by atoms with Gasteiger partial charge in [-0.05, 0) is 31.0 Å². The minimum absolute atomic E-state index is 0.000401. The molecule has 1 aliphatic rings. The molecule has 1 aliphatic heterocycles. The van der Waals surface area contributed by atoms with Crippen molar-refractivity contribution in [3.8, 4) is 0 Å². The summed E-state index contributed by atoms with van der Waals surface area (Å²) in [6.07, 6.45) is 5.85. The van der Waals surface area contributed by atoms with E-state index in [0.717, 1.165) is 41.5 Å². The summed E-state index contributed by atoms with van der Waals surface area (Å²) in [4.78, 5) is 20.9. The number of hydrogen-bond acceptors (Lipinski definition) is 5. The number of imidazole rings is 1. The first-order valence-corrected chi connectivity index (χ1v) is 10.6. The molecule has 1 amide bonds. The number of aryl methyl sites for hydroxylation is 1. The Kier molecular flexibility index (Phi) is 4.55. The van der Waals surface area contributed by atoms with Gasteiger partial charge in [0.25, 0.3) is 5.91 Å². The zero-order valence-electron chi connectivity index (χ0n) is 16.2. The van der Waals surface area contributed by atoms with Gasteiger partial charge in [-0.3, -0.25) is 13.9 Å². The lowest BCUT2D eigenvalue weighted by Gasteiger charge is -2.31. The summed E-state index contributed by atoms with van der Waals surface area (Å²) in [5, 5.41) is 9.77. The molecule has 0 aliphatic carbocycles. The Bertz CT molecular complexity index is 1140. The Hall–Kier alpha value is -3.13. The van der Waals surface area contributed by atoms with Gasteiger partial charge in [-0.25, -0.2) is 4.98 Å². The number of amides is 1. The van der Waals surface area contributed by atoms with Gasteiger partial charge in [-0.1, -0.05) is 18.2 Å². The van der Waals surface area contributed by atoms with E-state index in [2.05, 4.69) is 20.2 Å². The minimum Gasteiger partial charge on any atom is -0.337 e. The van der Waals surface area contributed by atoms with E-state index in [9.17, 15) is 4.79 Å². The smallest absolute Gasteiger partial charge is 0.274 e. The van der Waals surface area contributed by atoms with Gasteiger partial charge in [0, 0.05) is 49.5 Å². The molecule has 1 aromatic carbocycles. The lowest BCUT2D eigenvalue weighted by atomic mass is 9.95. The van der Waals surface area contributed by atoms with Crippen LogP contribution in [0.1, 0.15) is 34.9 Å². The number of carbonyl (C=O) groups is 1. The predicted octanol–water partition coefficient (Wildman–Crippen LogP) is 3.89. The van der Waals surface area contributed by atoms with Gasteiger partial charge in [-0.15, -0.1) is 11.3 Å². The number of rotatable bonds is 4. The Labute approximate surface area is 172 Å². The number of piperidine rings is 1. The summed E-state index contributed by atoms with van der Waals surface area (Å²) in [6.45, 7) is 1.44. The van der Waals surface area contributed by atoms with Crippen LogP contribution in [0, 0.1) is 0 Å². The van der Waals surface area contributed by atoms with Gasteiger partial charge < -0.3 is 10.2 Å². The van der Waals surface area contributed by atoms with Crippen molar-refractivity contribution < 1.29 is 4.79 Å². The Morgan fingerprint density at radius 2 is 2.07 bits per heavy atom. The summed E-state index contributed by atoms with van der Waals surface area (Å²) >= 11 is 1.69. The molecule has 1 unspecified atom stereocenters. The number of para-hydroxylation sites is 1. The number of nitrogens with zero attached hydrogens (tertiary/aromatic N) is 5. The van der Waals surface area contributed by atoms with Crippen molar-refractivity contribution in [2.24, 2.45) is 7.05 Å². The highest BCUT2D eigenvalue weighted by Gasteiger charge is 2.30. The molecular formula is C21H22N6OS. The summed E-state index contributed by atoms with van der Waals surface area (Å²) in [6, 6.07) is 11.8. The minimum atomic E-state index is -0.000401. The van der Waals surface area contributed by atoms with Crippen LogP contribution in [0.2, 0.25) is 0 Å². The van der Waals surface area contributed by atoms with Crippen LogP contribution in [0.5, 0.6) is 0 Å². The maximum Gasteiger partial charge on any atom is 0.274 e. The van der Waals surface area contributed by atoms with Crippen LogP contribution in [0.4, 0.5) is 11.6 Å². The number of anilines is 2. The fourth-order valence-corrected chi connectivity index (χ4v) is 4.83. The van der Waals surface area contributed by atoms with Crippen LogP contribution in [-0.2, 0) is 7.05 Å². The molecule has 4 heterocycles. The van der Waals surface area contributed by atoms with Gasteiger partial charge in [0.2, 0.25) is 5.95 Å². The normalized spacial score (nSPS) is 17.0. The van der Waals surface area contributed by atoms with Gasteiger partial charge in [-0.2, -0.15) is 5.10 Å². The first kappa shape index (κ1) is 17.9. The predicted molar refractivity (Wildman–Crippen MR) is 114 cm³/mol. The van der Waals surface area contributed by atoms with E-state index < -0.39 is 0 Å². The monoisotopic (exact) mass is 406 g/mol. The van der Waals surface area contributed by atoms with Crippen molar-refractivity contribution in [3.05, 3.63) is 65.6 Å². The van der Waals surface area contributed by atoms with E-state index in [0.29, 0.717) is 12.2 Å². The highest BCUT2D eigenvalue weighted by molar-refractivity contribution is 7.15. The number of carbonyl (C=O) groups excluding carboxylic acids is 1. The lowest BCUT2D eigenvalue weighted by molar-refractivity contribution is 0.0699. The van der Waals surface area contributed by atoms with Gasteiger partial charge in [0.15, 0.2) is 0 Å². The number of hydrogen-bond donors (Lipinski definition) is 1. The first-order chi connectivity index (χ1) is 14.2. The zero-order valence-corrected chi connectivity index (χ0v) is 17.0. The van der Waals surface area contributed by atoms with E-state index in [1.165, 1.54) is 0 Å². The third-order valence-electron chi connectivity index (χ3n) is 5.34. The van der Waals surface area contributed by atoms with E-state index >= 15 is 0 Å². The molecule has 0 saturated carbocycles. The van der Waals surface area contributed by atoms with Crippen molar-refractivity contribution in [2.45, 2.75) is 18.8 Å². The molecule has 1 atom stereocenters. The molecule has 0 spiro atoms. The second kappa shape index (κ2) is 7.36. The molecule has 4 aromatic rings. The second-order valence-corrected chi connectivity index (χ2v) is 8.25. The van der Waals surface area contributed by atoms with Gasteiger partial charge in [0.1, 0.15) is 10.5 Å². The van der Waals surface area contributed by atoms with Crippen LogP contribution in [0.15, 0.2) is 54.2 Å². The van der Waals surface area contributed by atoms with Crippen LogP contribution in [0.25, 0.3) is 4.83 Å². The molecule has 3 aromatic heterocycles. The molecule has 1 saturated heterocycles. The average Bonchev–Trinajstić information content (AvgIpc) is 3.46. The van der Waals surface area contributed by atoms with Crippen molar-refractivity contribution in [1.29, 1.82) is 0 Å². The Balaban J connectivity index is 1.41. The average molecular weight is 407 g/mol. The van der Waals surface area contributed by atoms with Crippen LogP contribution >= 0.6 is 11.3 Å². The summed E-state index contributed by atoms with van der Waals surface area (Å²) in [7, 11) is 1.83. The van der Waals surface area contributed by atoms with Gasteiger partial charge >= 0.3 is 0 Å². The third-order valence-corrected chi connectivity index (χ3v) is 6.23. The van der Waals surface area contributed by atoms with Crippen LogP contribution in [-0.4, -0.2) is 43.1 Å². The molecule has 1 fully saturated rings. The Morgan fingerprint density at radius 3 is 2.86 bits per heavy atom. The first-order valence-electron chi connectivity index (χ1n) is 9.75. The van der Waals surface area contributed by atoms with Crippen molar-refractivity contribution in [1.82, 2.24) is 24.1 Å². The second-order valence-electron chi connectivity index (χ2n) is 7.35. The molecule has 5 rings (SSSR count). The summed E-state index contributed by atoms with van der Waals surface area (Å²) in [5.74, 6) is 1.03. The Morgan fingerprint density at radius 1 is 1.21 bits per heavy atom. The molecular weight excluding hydrogens is 384 g/mol. The van der Waals surface area contributed by atoms with E-state index in [1.807, 2.05) is 48.5 Å². The largest absolute Gasteiger partial charge is 0.337 e. The van der Waals surface area contributed by atoms with Crippen LogP contribution in [0.3, 0.4) is 0 Å². The molecule has 1 N–H and O–H groups in total. The van der Waals surface area contributed by atoms with Crippen molar-refractivity contribution >= 4 is 33.7 Å². The molecule has 8 heteroatoms. The number of fused-ring (bicyclic) bond motifs is 1. The number of nitrogens with one attached hydrogen (secondary N) is 1. The van der Waals surface area contributed by atoms with Crippen molar-refractivity contribution in [2.75, 3.05) is 18.4 Å². The number of likely N-dealkylation sites (tertiary alicyclic amines) is 1. The third kappa shape index (κ3) is 3.40. The molecule has 0 radical (unpaired) electrons. The molecule has 148 valence electrons. The fourth-order valence-electron chi connectivity index (χ4n) is 3.93. The van der Waals surface area contributed by atoms with E-state index in [-0.39, 0.29) is 11.8 Å². The molecule has 7 nitrogen and oxygen atoms in total. The topological polar surface area (TPSA) is 67.5 Å². The van der Waals surface area contributed by atoms with Crippen molar-refractivity contribution in [3.63, 3.8) is 0 Å². The van der Waals surface area contributed by atoms with E-state index in [4.69, 9.17) is 4.98 Å². The SMILES string of the molecule is Cn1ccc(C(=O)N2CCCC(c3nc(Nc4ccccc4)n4ccsc34)C2)n1. The fraction of sp³-hybridized carbons (Fsp3) is 0.286. The molecule has 0 bridgehead atoms. The maximum absolute atomic E-state index is 12.9. The quantitative estimate of drug-likeness (QED) is 0.558. The number of thiazole rings is 1. The number of benzene rings is 1. The number of aromatic nitrogens is 4. The maximum atomic E-state index is 12.9. The highest BCUT2D eigenvalue weighted by Crippen LogP contribution is 2.34. The zero-order chi connectivity index (χ0) is 19.8. The highest BCUT2D eigenvalue weighted by atomic mass is 32.1. The van der Waals surface area contributed by atoms with Crippen LogP contribution < -0.4 is 5.32 Å². The molecule has 29 heavy (non-hydrogen) atoms. The standard InChI is InChI=1S/C21H22N6OS/c1-25-11-9-17(24-25)19(28)26-10-5-6-15(14-26)18-20-27(12-13-29-20)21(23-18)22-16-7-3-2-4-8-16/h2-4,7-9,11-13,15H,5-6,10,14H2,1H3,(H,22,23). The summed E-state index contributed by atoms with van der Waals surface area (Å²) < 4.78 is 3.77.